The van der Waals surface area contributed by atoms with E-state index in [1.807, 2.05) is 26.8 Å². The molecule has 0 spiro atoms. The summed E-state index contributed by atoms with van der Waals surface area (Å²) in [5, 5.41) is 5.19. The Morgan fingerprint density at radius 1 is 0.900 bits per heavy atom. The van der Waals surface area contributed by atoms with Crippen LogP contribution >= 0.6 is 0 Å². The Labute approximate surface area is 233 Å². The first-order valence-corrected chi connectivity index (χ1v) is 14.2. The summed E-state index contributed by atoms with van der Waals surface area (Å²) >= 11 is 0. The SMILES string of the molecule is CC(C)(C)OC(=O)NC1CCC(OC2CCN(c3ccc4c(c3)C(=O)N(C3CCC(=O)NC3=O)C4=O)CC2)CC1. The first-order valence-electron chi connectivity index (χ1n) is 14.2. The van der Waals surface area contributed by atoms with Crippen LogP contribution in [0.3, 0.4) is 0 Å². The van der Waals surface area contributed by atoms with Crippen LogP contribution in [0.15, 0.2) is 18.2 Å². The van der Waals surface area contributed by atoms with Crippen molar-refractivity contribution in [2.75, 3.05) is 18.0 Å². The number of carbonyl (C=O) groups is 5. The lowest BCUT2D eigenvalue weighted by atomic mass is 9.92. The number of hydrogen-bond acceptors (Lipinski definition) is 8. The van der Waals surface area contributed by atoms with Crippen LogP contribution in [0.1, 0.15) is 92.9 Å². The van der Waals surface area contributed by atoms with Crippen molar-refractivity contribution in [3.63, 3.8) is 0 Å². The van der Waals surface area contributed by atoms with Gasteiger partial charge in [0.2, 0.25) is 11.8 Å². The van der Waals surface area contributed by atoms with Crippen LogP contribution in [0.25, 0.3) is 0 Å². The summed E-state index contributed by atoms with van der Waals surface area (Å²) in [4.78, 5) is 65.2. The van der Waals surface area contributed by atoms with E-state index in [-0.39, 0.29) is 42.7 Å². The van der Waals surface area contributed by atoms with Crippen LogP contribution in [0, 0.1) is 0 Å². The zero-order valence-corrected chi connectivity index (χ0v) is 23.4. The van der Waals surface area contributed by atoms with Crippen LogP contribution in [0.2, 0.25) is 0 Å². The number of hydrogen-bond donors (Lipinski definition) is 2. The van der Waals surface area contributed by atoms with Crippen LogP contribution in [-0.2, 0) is 19.1 Å². The van der Waals surface area contributed by atoms with Gasteiger partial charge in [0.05, 0.1) is 23.3 Å². The highest BCUT2D eigenvalue weighted by molar-refractivity contribution is 6.23. The van der Waals surface area contributed by atoms with Gasteiger partial charge < -0.3 is 19.7 Å². The smallest absolute Gasteiger partial charge is 0.407 e. The molecule has 1 aromatic rings. The Morgan fingerprint density at radius 2 is 1.55 bits per heavy atom. The number of nitrogens with zero attached hydrogens (tertiary/aromatic N) is 2. The van der Waals surface area contributed by atoms with Crippen LogP contribution in [0.4, 0.5) is 10.5 Å². The molecule has 2 saturated heterocycles. The molecule has 0 aromatic heterocycles. The van der Waals surface area contributed by atoms with Gasteiger partial charge in [-0.2, -0.15) is 0 Å². The minimum absolute atomic E-state index is 0.0937. The molecule has 5 rings (SSSR count). The molecule has 11 nitrogen and oxygen atoms in total. The van der Waals surface area contributed by atoms with Gasteiger partial charge in [-0.25, -0.2) is 4.79 Å². The van der Waals surface area contributed by atoms with Gasteiger partial charge in [-0.1, -0.05) is 0 Å². The van der Waals surface area contributed by atoms with E-state index in [0.717, 1.165) is 62.2 Å². The van der Waals surface area contributed by atoms with Crippen LogP contribution in [-0.4, -0.2) is 77.6 Å². The van der Waals surface area contributed by atoms with E-state index in [1.54, 1.807) is 12.1 Å². The van der Waals surface area contributed by atoms with E-state index in [2.05, 4.69) is 15.5 Å². The van der Waals surface area contributed by atoms with Crippen molar-refractivity contribution in [2.24, 2.45) is 0 Å². The second kappa shape index (κ2) is 11.2. The third kappa shape index (κ3) is 6.14. The van der Waals surface area contributed by atoms with Crippen molar-refractivity contribution < 1.29 is 33.4 Å². The van der Waals surface area contributed by atoms with E-state index < -0.39 is 35.3 Å². The molecule has 1 atom stereocenters. The summed E-state index contributed by atoms with van der Waals surface area (Å²) in [5.74, 6) is -1.99. The lowest BCUT2D eigenvalue weighted by Crippen LogP contribution is -2.54. The Bertz CT molecular complexity index is 1190. The molecule has 4 aliphatic rings. The third-order valence-electron chi connectivity index (χ3n) is 8.01. The number of ether oxygens (including phenoxy) is 2. The fourth-order valence-electron chi connectivity index (χ4n) is 6.00. The van der Waals surface area contributed by atoms with Crippen molar-refractivity contribution >= 4 is 35.4 Å². The molecule has 11 heteroatoms. The summed E-state index contributed by atoms with van der Waals surface area (Å²) in [6.45, 7) is 7.08. The third-order valence-corrected chi connectivity index (χ3v) is 8.01. The monoisotopic (exact) mass is 554 g/mol. The van der Waals surface area contributed by atoms with Crippen molar-refractivity contribution in [1.29, 1.82) is 0 Å². The average molecular weight is 555 g/mol. The van der Waals surface area contributed by atoms with Gasteiger partial charge in [0.25, 0.3) is 11.8 Å². The number of piperidine rings is 2. The second-order valence-corrected chi connectivity index (χ2v) is 12.1. The van der Waals surface area contributed by atoms with E-state index in [9.17, 15) is 24.0 Å². The first-order chi connectivity index (χ1) is 19.0. The summed E-state index contributed by atoms with van der Waals surface area (Å²) in [5.41, 5.74) is 0.926. The van der Waals surface area contributed by atoms with Gasteiger partial charge in [0.15, 0.2) is 0 Å². The predicted octanol–water partition coefficient (Wildman–Crippen LogP) is 2.91. The predicted molar refractivity (Wildman–Crippen MR) is 145 cm³/mol. The molecular weight excluding hydrogens is 516 g/mol. The highest BCUT2D eigenvalue weighted by Crippen LogP contribution is 2.32. The molecule has 1 aliphatic carbocycles. The zero-order chi connectivity index (χ0) is 28.6. The Balaban J connectivity index is 1.11. The molecule has 1 unspecified atom stereocenters. The number of alkyl carbamates (subject to hydrolysis) is 1. The average Bonchev–Trinajstić information content (AvgIpc) is 3.14. The second-order valence-electron chi connectivity index (χ2n) is 12.1. The minimum Gasteiger partial charge on any atom is -0.444 e. The number of fused-ring (bicyclic) bond motifs is 1. The maximum atomic E-state index is 13.2. The van der Waals surface area contributed by atoms with Crippen molar-refractivity contribution in [1.82, 2.24) is 15.5 Å². The van der Waals surface area contributed by atoms with Gasteiger partial charge in [-0.3, -0.25) is 29.4 Å². The fraction of sp³-hybridized carbons (Fsp3) is 0.621. The van der Waals surface area contributed by atoms with Gasteiger partial charge in [0.1, 0.15) is 11.6 Å². The molecule has 3 aliphatic heterocycles. The summed E-state index contributed by atoms with van der Waals surface area (Å²) in [7, 11) is 0. The molecule has 216 valence electrons. The Kier molecular flexibility index (Phi) is 7.85. The molecule has 3 fully saturated rings. The van der Waals surface area contributed by atoms with Crippen LogP contribution in [0.5, 0.6) is 0 Å². The summed E-state index contributed by atoms with van der Waals surface area (Å²) in [6, 6.07) is 4.38. The minimum atomic E-state index is -0.968. The van der Waals surface area contributed by atoms with Gasteiger partial charge in [0, 0.05) is 31.2 Å². The summed E-state index contributed by atoms with van der Waals surface area (Å²) in [6.07, 6.45) is 5.40. The fourth-order valence-corrected chi connectivity index (χ4v) is 6.00. The maximum Gasteiger partial charge on any atom is 0.407 e. The van der Waals surface area contributed by atoms with E-state index in [4.69, 9.17) is 9.47 Å². The molecular formula is C29H38N4O7. The number of rotatable bonds is 5. The van der Waals surface area contributed by atoms with E-state index >= 15 is 0 Å². The maximum absolute atomic E-state index is 13.2. The van der Waals surface area contributed by atoms with Crippen LogP contribution < -0.4 is 15.5 Å². The molecule has 2 N–H and O–H groups in total. The highest BCUT2D eigenvalue weighted by Gasteiger charge is 2.44. The Hall–Kier alpha value is -3.47. The number of benzene rings is 1. The summed E-state index contributed by atoms with van der Waals surface area (Å²) < 4.78 is 11.8. The van der Waals surface area contributed by atoms with Crippen molar-refractivity contribution in [3.05, 3.63) is 29.3 Å². The number of carbonyl (C=O) groups excluding carboxylic acids is 5. The Morgan fingerprint density at radius 3 is 2.20 bits per heavy atom. The van der Waals surface area contributed by atoms with Gasteiger partial charge in [-0.15, -0.1) is 0 Å². The molecule has 1 saturated carbocycles. The molecule has 1 aromatic carbocycles. The van der Waals surface area contributed by atoms with Crippen molar-refractivity contribution in [3.8, 4) is 0 Å². The van der Waals surface area contributed by atoms with Gasteiger partial charge in [-0.05, 0) is 83.9 Å². The molecule has 5 amide bonds. The topological polar surface area (TPSA) is 134 Å². The number of amides is 5. The molecule has 3 heterocycles. The molecule has 0 radical (unpaired) electrons. The number of anilines is 1. The quantitative estimate of drug-likeness (QED) is 0.531. The lowest BCUT2D eigenvalue weighted by Gasteiger charge is -2.37. The lowest BCUT2D eigenvalue weighted by molar-refractivity contribution is -0.136. The normalized spacial score (nSPS) is 26.0. The standard InChI is InChI=1S/C29H38N4O7/c1-29(2,3)40-28(38)30-17-4-7-19(8-5-17)39-20-12-14-32(15-13-20)18-6-9-21-22(16-18)27(37)33(26(21)36)23-10-11-24(34)31-25(23)35/h6,9,16-17,19-20,23H,4-5,7-8,10-15H2,1-3H3,(H,30,38)(H,31,34,35). The molecule has 40 heavy (non-hydrogen) atoms. The molecule has 0 bridgehead atoms. The first kappa shape index (κ1) is 28.1. The number of imide groups is 2. The van der Waals surface area contributed by atoms with Gasteiger partial charge >= 0.3 is 6.09 Å². The van der Waals surface area contributed by atoms with Crippen molar-refractivity contribution in [2.45, 2.75) is 102 Å². The van der Waals surface area contributed by atoms with E-state index in [0.29, 0.717) is 5.56 Å². The zero-order valence-electron chi connectivity index (χ0n) is 23.4. The highest BCUT2D eigenvalue weighted by atomic mass is 16.6. The number of nitrogens with one attached hydrogen (secondary N) is 2. The largest absolute Gasteiger partial charge is 0.444 e. The van der Waals surface area contributed by atoms with E-state index in [1.165, 1.54) is 0 Å².